The predicted molar refractivity (Wildman–Crippen MR) is 119 cm³/mol. The minimum atomic E-state index is -0.692. The Balaban J connectivity index is 1.67. The number of fused-ring (bicyclic) bond motifs is 4. The number of nitrogen functional groups attached to an aromatic ring is 1. The number of imide groups is 1. The standard InChI is InChI=1S/C24H26N4O3/c1-24(2,3)31-23(30)28-12-16-13(8-9-17(25)20(16)22(28)29)14-10-11-26-21-19(14)15-6-5-7-18(15)27(21)4/h8-11H,5-7,12,25H2,1-4H3. The highest BCUT2D eigenvalue weighted by molar-refractivity contribution is 6.12. The Labute approximate surface area is 180 Å². The summed E-state index contributed by atoms with van der Waals surface area (Å²) < 4.78 is 7.63. The third-order valence-corrected chi connectivity index (χ3v) is 6.17. The first-order chi connectivity index (χ1) is 14.7. The number of aromatic nitrogens is 2. The lowest BCUT2D eigenvalue weighted by Crippen LogP contribution is -2.37. The van der Waals surface area contributed by atoms with Crippen molar-refractivity contribution in [3.8, 4) is 11.1 Å². The van der Waals surface area contributed by atoms with Crippen molar-refractivity contribution in [3.05, 3.63) is 46.8 Å². The van der Waals surface area contributed by atoms with Crippen LogP contribution in [0.4, 0.5) is 10.5 Å². The summed E-state index contributed by atoms with van der Waals surface area (Å²) in [6.45, 7) is 5.48. The van der Waals surface area contributed by atoms with E-state index in [0.29, 0.717) is 11.3 Å². The molecule has 0 unspecified atom stereocenters. The fourth-order valence-corrected chi connectivity index (χ4v) is 4.89. The van der Waals surface area contributed by atoms with Crippen LogP contribution in [0.5, 0.6) is 0 Å². The van der Waals surface area contributed by atoms with Gasteiger partial charge in [-0.1, -0.05) is 6.07 Å². The first kappa shape index (κ1) is 19.6. The number of hydrogen-bond donors (Lipinski definition) is 1. The average molecular weight is 418 g/mol. The van der Waals surface area contributed by atoms with Gasteiger partial charge in [0.15, 0.2) is 0 Å². The van der Waals surface area contributed by atoms with Gasteiger partial charge < -0.3 is 15.0 Å². The zero-order chi connectivity index (χ0) is 22.1. The molecule has 1 aromatic carbocycles. The predicted octanol–water partition coefficient (Wildman–Crippen LogP) is 4.20. The maximum atomic E-state index is 13.1. The van der Waals surface area contributed by atoms with E-state index in [1.807, 2.05) is 12.1 Å². The van der Waals surface area contributed by atoms with Gasteiger partial charge in [-0.2, -0.15) is 0 Å². The number of carbonyl (C=O) groups excluding carboxylic acids is 2. The molecule has 1 aliphatic carbocycles. The molecule has 7 nitrogen and oxygen atoms in total. The molecule has 0 radical (unpaired) electrons. The molecule has 2 N–H and O–H groups in total. The average Bonchev–Trinajstić information content (AvgIpc) is 3.37. The van der Waals surface area contributed by atoms with Gasteiger partial charge in [-0.3, -0.25) is 4.79 Å². The van der Waals surface area contributed by atoms with Gasteiger partial charge in [0.05, 0.1) is 12.1 Å². The van der Waals surface area contributed by atoms with Gasteiger partial charge in [-0.05, 0) is 74.4 Å². The highest BCUT2D eigenvalue weighted by Crippen LogP contribution is 2.42. The summed E-state index contributed by atoms with van der Waals surface area (Å²) in [4.78, 5) is 31.6. The van der Waals surface area contributed by atoms with Crippen molar-refractivity contribution < 1.29 is 14.3 Å². The Kier molecular flexibility index (Phi) is 4.16. The highest BCUT2D eigenvalue weighted by atomic mass is 16.6. The number of amides is 2. The van der Waals surface area contributed by atoms with E-state index in [1.165, 1.54) is 11.3 Å². The van der Waals surface area contributed by atoms with Crippen LogP contribution in [0.3, 0.4) is 0 Å². The molecule has 0 saturated heterocycles. The highest BCUT2D eigenvalue weighted by Gasteiger charge is 2.38. The molecule has 0 fully saturated rings. The Morgan fingerprint density at radius 1 is 1.13 bits per heavy atom. The van der Waals surface area contributed by atoms with E-state index in [2.05, 4.69) is 16.6 Å². The van der Waals surface area contributed by atoms with Crippen molar-refractivity contribution in [1.82, 2.24) is 14.5 Å². The molecule has 5 rings (SSSR count). The smallest absolute Gasteiger partial charge is 0.417 e. The first-order valence-corrected chi connectivity index (χ1v) is 10.6. The molecule has 31 heavy (non-hydrogen) atoms. The summed E-state index contributed by atoms with van der Waals surface area (Å²) in [7, 11) is 2.06. The van der Waals surface area contributed by atoms with E-state index in [0.717, 1.165) is 51.9 Å². The molecule has 2 aliphatic rings. The number of pyridine rings is 1. The molecular weight excluding hydrogens is 392 g/mol. The first-order valence-electron chi connectivity index (χ1n) is 10.6. The summed E-state index contributed by atoms with van der Waals surface area (Å²) in [5.41, 5.74) is 12.6. The quantitative estimate of drug-likeness (QED) is 0.598. The van der Waals surface area contributed by atoms with Crippen LogP contribution in [0.15, 0.2) is 24.4 Å². The van der Waals surface area contributed by atoms with Crippen molar-refractivity contribution in [2.24, 2.45) is 7.05 Å². The van der Waals surface area contributed by atoms with Crippen molar-refractivity contribution >= 4 is 28.7 Å². The topological polar surface area (TPSA) is 90.5 Å². The minimum absolute atomic E-state index is 0.141. The lowest BCUT2D eigenvalue weighted by atomic mass is 9.93. The Bertz CT molecular complexity index is 1270. The van der Waals surface area contributed by atoms with Crippen LogP contribution < -0.4 is 5.73 Å². The van der Waals surface area contributed by atoms with Crippen molar-refractivity contribution in [2.45, 2.75) is 52.2 Å². The number of anilines is 1. The third-order valence-electron chi connectivity index (χ3n) is 6.17. The normalized spacial score (nSPS) is 15.5. The van der Waals surface area contributed by atoms with Crippen molar-refractivity contribution in [2.75, 3.05) is 5.73 Å². The number of ether oxygens (including phenoxy) is 1. The molecular formula is C24H26N4O3. The van der Waals surface area contributed by atoms with E-state index in [4.69, 9.17) is 10.5 Å². The van der Waals surface area contributed by atoms with Crippen LogP contribution in [-0.4, -0.2) is 32.1 Å². The van der Waals surface area contributed by atoms with Gasteiger partial charge in [-0.15, -0.1) is 0 Å². The summed E-state index contributed by atoms with van der Waals surface area (Å²) >= 11 is 0. The number of rotatable bonds is 1. The number of nitrogens with two attached hydrogens (primary N) is 1. The van der Waals surface area contributed by atoms with Gasteiger partial charge in [0.1, 0.15) is 11.2 Å². The van der Waals surface area contributed by atoms with Gasteiger partial charge in [0.2, 0.25) is 0 Å². The Morgan fingerprint density at radius 3 is 2.65 bits per heavy atom. The third kappa shape index (κ3) is 2.91. The molecule has 3 aromatic rings. The lowest BCUT2D eigenvalue weighted by Gasteiger charge is -2.23. The van der Waals surface area contributed by atoms with E-state index in [9.17, 15) is 9.59 Å². The van der Waals surface area contributed by atoms with E-state index in [-0.39, 0.29) is 6.54 Å². The van der Waals surface area contributed by atoms with Crippen LogP contribution in [0.1, 0.15) is 54.4 Å². The molecule has 1 aliphatic heterocycles. The SMILES string of the molecule is Cn1c2c(c3c(-c4ccc(N)c5c4CN(C(=O)OC(C)(C)C)C5=O)ccnc31)CCC2. The monoisotopic (exact) mass is 418 g/mol. The molecule has 0 saturated carbocycles. The number of benzene rings is 1. The van der Waals surface area contributed by atoms with E-state index >= 15 is 0 Å². The molecule has 0 atom stereocenters. The molecule has 7 heteroatoms. The fraction of sp³-hybridized carbons (Fsp3) is 0.375. The molecule has 0 spiro atoms. The summed E-state index contributed by atoms with van der Waals surface area (Å²) in [5.74, 6) is -0.410. The zero-order valence-corrected chi connectivity index (χ0v) is 18.3. The van der Waals surface area contributed by atoms with Gasteiger partial charge in [0.25, 0.3) is 5.91 Å². The van der Waals surface area contributed by atoms with Gasteiger partial charge in [0, 0.05) is 30.0 Å². The van der Waals surface area contributed by atoms with Crippen LogP contribution in [0.2, 0.25) is 0 Å². The van der Waals surface area contributed by atoms with Crippen LogP contribution in [0, 0.1) is 0 Å². The zero-order valence-electron chi connectivity index (χ0n) is 18.3. The van der Waals surface area contributed by atoms with Crippen LogP contribution in [0.25, 0.3) is 22.2 Å². The molecule has 2 aromatic heterocycles. The number of carbonyl (C=O) groups is 2. The number of hydrogen-bond acceptors (Lipinski definition) is 5. The summed E-state index contributed by atoms with van der Waals surface area (Å²) in [5, 5.41) is 1.13. The second-order valence-corrected chi connectivity index (χ2v) is 9.32. The molecule has 2 amide bonds. The maximum Gasteiger partial charge on any atom is 0.417 e. The van der Waals surface area contributed by atoms with E-state index in [1.54, 1.807) is 33.0 Å². The van der Waals surface area contributed by atoms with Gasteiger partial charge >= 0.3 is 6.09 Å². The Morgan fingerprint density at radius 2 is 1.90 bits per heavy atom. The second-order valence-electron chi connectivity index (χ2n) is 9.32. The largest absolute Gasteiger partial charge is 0.443 e. The number of aryl methyl sites for hydroxylation is 2. The maximum absolute atomic E-state index is 13.1. The second kappa shape index (κ2) is 6.57. The van der Waals surface area contributed by atoms with Crippen molar-refractivity contribution in [3.63, 3.8) is 0 Å². The lowest BCUT2D eigenvalue weighted by molar-refractivity contribution is 0.0248. The molecule has 160 valence electrons. The molecule has 3 heterocycles. The van der Waals surface area contributed by atoms with Gasteiger partial charge in [-0.25, -0.2) is 14.7 Å². The summed E-state index contributed by atoms with van der Waals surface area (Å²) in [6, 6.07) is 5.69. The summed E-state index contributed by atoms with van der Waals surface area (Å²) in [6.07, 6.45) is 4.35. The number of nitrogens with zero attached hydrogens (tertiary/aromatic N) is 3. The molecule has 0 bridgehead atoms. The van der Waals surface area contributed by atoms with E-state index < -0.39 is 17.6 Å². The Hall–Kier alpha value is -3.35. The fourth-order valence-electron chi connectivity index (χ4n) is 4.89. The van der Waals surface area contributed by atoms with Crippen LogP contribution in [-0.2, 0) is 31.2 Å². The minimum Gasteiger partial charge on any atom is -0.443 e. The van der Waals surface area contributed by atoms with Crippen LogP contribution >= 0.6 is 0 Å². The van der Waals surface area contributed by atoms with Crippen molar-refractivity contribution in [1.29, 1.82) is 0 Å².